The van der Waals surface area contributed by atoms with Crippen LogP contribution in [0.3, 0.4) is 0 Å². The molecule has 1 aliphatic carbocycles. The molecule has 1 atom stereocenters. The Morgan fingerprint density at radius 2 is 2.33 bits per heavy atom. The second kappa shape index (κ2) is 5.13. The van der Waals surface area contributed by atoms with Gasteiger partial charge < -0.3 is 5.32 Å². The fourth-order valence-electron chi connectivity index (χ4n) is 2.21. The fraction of sp³-hybridized carbons (Fsp3) is 0.692. The van der Waals surface area contributed by atoms with Gasteiger partial charge in [0.25, 0.3) is 0 Å². The number of nitrogens with one attached hydrogen (secondary N) is 1. The minimum Gasteiger partial charge on any atom is -0.309 e. The number of hydrogen-bond donors (Lipinski definition) is 1. The van der Waals surface area contributed by atoms with Gasteiger partial charge in [0.05, 0.1) is 0 Å². The molecular formula is C13H21NS. The first-order valence-electron chi connectivity index (χ1n) is 6.04. The van der Waals surface area contributed by atoms with Crippen molar-refractivity contribution >= 4 is 11.3 Å². The van der Waals surface area contributed by atoms with E-state index in [1.807, 2.05) is 11.3 Å². The van der Waals surface area contributed by atoms with Gasteiger partial charge in [0.15, 0.2) is 0 Å². The quantitative estimate of drug-likeness (QED) is 0.798. The Hall–Kier alpha value is -0.340. The van der Waals surface area contributed by atoms with E-state index in [9.17, 15) is 0 Å². The molecule has 1 saturated carbocycles. The maximum absolute atomic E-state index is 3.64. The molecule has 0 aromatic carbocycles. The largest absolute Gasteiger partial charge is 0.309 e. The van der Waals surface area contributed by atoms with Crippen LogP contribution in [0.25, 0.3) is 0 Å². The molecule has 1 aromatic heterocycles. The Morgan fingerprint density at radius 1 is 1.53 bits per heavy atom. The molecule has 1 aromatic rings. The highest BCUT2D eigenvalue weighted by atomic mass is 32.1. The molecule has 1 fully saturated rings. The van der Waals surface area contributed by atoms with Gasteiger partial charge in [-0.05, 0) is 49.7 Å². The summed E-state index contributed by atoms with van der Waals surface area (Å²) in [6.45, 7) is 5.67. The number of hydrogen-bond acceptors (Lipinski definition) is 2. The predicted octanol–water partition coefficient (Wildman–Crippen LogP) is 3.90. The summed E-state index contributed by atoms with van der Waals surface area (Å²) in [7, 11) is 0. The Kier molecular flexibility index (Phi) is 3.81. The van der Waals surface area contributed by atoms with Crippen LogP contribution in [0.2, 0.25) is 0 Å². The molecule has 0 aliphatic heterocycles. The van der Waals surface area contributed by atoms with Gasteiger partial charge in [0.2, 0.25) is 0 Å². The molecule has 0 spiro atoms. The van der Waals surface area contributed by atoms with E-state index in [0.717, 1.165) is 5.92 Å². The summed E-state index contributed by atoms with van der Waals surface area (Å²) < 4.78 is 0. The van der Waals surface area contributed by atoms with Crippen molar-refractivity contribution < 1.29 is 0 Å². The molecule has 1 aliphatic rings. The topological polar surface area (TPSA) is 12.0 Å². The van der Waals surface area contributed by atoms with Crippen molar-refractivity contribution in [2.45, 2.75) is 45.6 Å². The first kappa shape index (κ1) is 11.2. The standard InChI is InChI=1S/C13H21NS/c1-10-7-9-15-13(10)11(2)14-8-6-12-4-3-5-12/h7,9,11-12,14H,3-6,8H2,1-2H3. The van der Waals surface area contributed by atoms with Crippen LogP contribution in [-0.2, 0) is 0 Å². The van der Waals surface area contributed by atoms with Crippen molar-refractivity contribution in [3.8, 4) is 0 Å². The molecule has 0 saturated heterocycles. The van der Waals surface area contributed by atoms with E-state index in [1.54, 1.807) is 0 Å². The van der Waals surface area contributed by atoms with E-state index < -0.39 is 0 Å². The van der Waals surface area contributed by atoms with Crippen molar-refractivity contribution in [3.63, 3.8) is 0 Å². The summed E-state index contributed by atoms with van der Waals surface area (Å²) in [6.07, 6.45) is 5.77. The molecule has 0 amide bonds. The van der Waals surface area contributed by atoms with E-state index in [2.05, 4.69) is 30.6 Å². The van der Waals surface area contributed by atoms with E-state index in [0.29, 0.717) is 6.04 Å². The summed E-state index contributed by atoms with van der Waals surface area (Å²) in [4.78, 5) is 1.50. The van der Waals surface area contributed by atoms with Gasteiger partial charge in [0.1, 0.15) is 0 Å². The van der Waals surface area contributed by atoms with Gasteiger partial charge in [-0.15, -0.1) is 11.3 Å². The third-order valence-electron chi connectivity index (χ3n) is 3.52. The third kappa shape index (κ3) is 2.82. The molecular weight excluding hydrogens is 202 g/mol. The summed E-state index contributed by atoms with van der Waals surface area (Å²) in [5.74, 6) is 1.02. The van der Waals surface area contributed by atoms with Crippen molar-refractivity contribution in [3.05, 3.63) is 21.9 Å². The van der Waals surface area contributed by atoms with E-state index in [4.69, 9.17) is 0 Å². The molecule has 1 nitrogen and oxygen atoms in total. The highest BCUT2D eigenvalue weighted by molar-refractivity contribution is 7.10. The molecule has 1 heterocycles. The summed E-state index contributed by atoms with van der Waals surface area (Å²) in [5, 5.41) is 5.82. The zero-order valence-electron chi connectivity index (χ0n) is 9.75. The number of rotatable bonds is 5. The molecule has 15 heavy (non-hydrogen) atoms. The minimum absolute atomic E-state index is 0.532. The SMILES string of the molecule is Cc1ccsc1C(C)NCCC1CCC1. The first-order valence-corrected chi connectivity index (χ1v) is 6.92. The monoisotopic (exact) mass is 223 g/mol. The lowest BCUT2D eigenvalue weighted by atomic mass is 9.83. The Balaban J connectivity index is 1.72. The lowest BCUT2D eigenvalue weighted by Crippen LogP contribution is -2.23. The van der Waals surface area contributed by atoms with Crippen LogP contribution in [0.1, 0.15) is 49.1 Å². The number of aryl methyl sites for hydroxylation is 1. The fourth-order valence-corrected chi connectivity index (χ4v) is 3.17. The summed E-state index contributed by atoms with van der Waals surface area (Å²) in [6, 6.07) is 2.74. The zero-order valence-corrected chi connectivity index (χ0v) is 10.6. The van der Waals surface area contributed by atoms with Gasteiger partial charge in [-0.2, -0.15) is 0 Å². The van der Waals surface area contributed by atoms with Crippen LogP contribution in [0, 0.1) is 12.8 Å². The van der Waals surface area contributed by atoms with E-state index in [-0.39, 0.29) is 0 Å². The van der Waals surface area contributed by atoms with Gasteiger partial charge >= 0.3 is 0 Å². The van der Waals surface area contributed by atoms with Gasteiger partial charge in [-0.3, -0.25) is 0 Å². The molecule has 0 radical (unpaired) electrons. The van der Waals surface area contributed by atoms with Crippen LogP contribution >= 0.6 is 11.3 Å². The van der Waals surface area contributed by atoms with Crippen LogP contribution in [0.5, 0.6) is 0 Å². The molecule has 1 N–H and O–H groups in total. The minimum atomic E-state index is 0.532. The highest BCUT2D eigenvalue weighted by Crippen LogP contribution is 2.29. The summed E-state index contributed by atoms with van der Waals surface area (Å²) in [5.41, 5.74) is 1.43. The maximum Gasteiger partial charge on any atom is 0.0388 e. The van der Waals surface area contributed by atoms with Gasteiger partial charge in [-0.25, -0.2) is 0 Å². The number of thiophene rings is 1. The maximum atomic E-state index is 3.64. The van der Waals surface area contributed by atoms with Crippen LogP contribution in [-0.4, -0.2) is 6.54 Å². The Labute approximate surface area is 96.9 Å². The van der Waals surface area contributed by atoms with Crippen LogP contribution < -0.4 is 5.32 Å². The van der Waals surface area contributed by atoms with E-state index in [1.165, 1.54) is 42.7 Å². The lowest BCUT2D eigenvalue weighted by Gasteiger charge is -2.26. The first-order chi connectivity index (χ1) is 7.27. The molecule has 2 rings (SSSR count). The van der Waals surface area contributed by atoms with Crippen molar-refractivity contribution in [2.24, 2.45) is 5.92 Å². The average Bonchev–Trinajstić information content (AvgIpc) is 2.55. The Morgan fingerprint density at radius 3 is 2.87 bits per heavy atom. The smallest absolute Gasteiger partial charge is 0.0388 e. The van der Waals surface area contributed by atoms with E-state index >= 15 is 0 Å². The van der Waals surface area contributed by atoms with Gasteiger partial charge in [-0.1, -0.05) is 19.3 Å². The summed E-state index contributed by atoms with van der Waals surface area (Å²) >= 11 is 1.87. The van der Waals surface area contributed by atoms with Crippen molar-refractivity contribution in [2.75, 3.05) is 6.54 Å². The van der Waals surface area contributed by atoms with Crippen molar-refractivity contribution in [1.29, 1.82) is 0 Å². The molecule has 1 unspecified atom stereocenters. The highest BCUT2D eigenvalue weighted by Gasteiger charge is 2.17. The average molecular weight is 223 g/mol. The predicted molar refractivity (Wildman–Crippen MR) is 67.4 cm³/mol. The molecule has 2 heteroatoms. The second-order valence-electron chi connectivity index (χ2n) is 4.73. The lowest BCUT2D eigenvalue weighted by molar-refractivity contribution is 0.289. The third-order valence-corrected chi connectivity index (χ3v) is 4.72. The Bertz CT molecular complexity index is 301. The molecule has 84 valence electrons. The van der Waals surface area contributed by atoms with Gasteiger partial charge in [0, 0.05) is 10.9 Å². The zero-order chi connectivity index (χ0) is 10.7. The van der Waals surface area contributed by atoms with Crippen molar-refractivity contribution in [1.82, 2.24) is 5.32 Å². The second-order valence-corrected chi connectivity index (χ2v) is 5.68. The van der Waals surface area contributed by atoms with Crippen LogP contribution in [0.4, 0.5) is 0 Å². The van der Waals surface area contributed by atoms with Crippen LogP contribution in [0.15, 0.2) is 11.4 Å². The molecule has 0 bridgehead atoms. The normalized spacial score (nSPS) is 18.8.